The fourth-order valence-corrected chi connectivity index (χ4v) is 4.19. The Balaban J connectivity index is 0.000000231. The molecule has 6 N–H and O–H groups in total. The van der Waals surface area contributed by atoms with Gasteiger partial charge in [-0.1, -0.05) is 10.3 Å². The lowest BCUT2D eigenvalue weighted by Crippen LogP contribution is -2.10. The number of hydrogen-bond donors (Lipinski definition) is 3. The standard InChI is InChI=1S/C13H12FN3O5.C13H14FN3O3/c1-5-9(6(2)22-16-5)7-4-8(13(18)21-3)11(15)12(10(7)14)17(19)20;1-5-9(6(2)20-17-5)7-4-8(13(18)19-3)11(15)12(16)10(7)14/h4H,15H2,1-3H3;4H,15-16H2,1-3H3. The maximum atomic E-state index is 14.5. The second-order valence-electron chi connectivity index (χ2n) is 8.80. The van der Waals surface area contributed by atoms with Crippen LogP contribution in [0.2, 0.25) is 0 Å². The summed E-state index contributed by atoms with van der Waals surface area (Å²) in [5.74, 6) is -2.81. The molecule has 0 saturated heterocycles. The number of aryl methyl sites for hydroxylation is 4. The molecule has 42 heavy (non-hydrogen) atoms. The van der Waals surface area contributed by atoms with Crippen molar-refractivity contribution in [2.24, 2.45) is 0 Å². The largest absolute Gasteiger partial charge is 0.465 e. The number of nitro benzene ring substituents is 1. The van der Waals surface area contributed by atoms with Crippen molar-refractivity contribution in [3.05, 3.63) is 67.9 Å². The predicted octanol–water partition coefficient (Wildman–Crippen LogP) is 4.42. The van der Waals surface area contributed by atoms with E-state index < -0.39 is 39.9 Å². The smallest absolute Gasteiger partial charge is 0.340 e. The van der Waals surface area contributed by atoms with Crippen molar-refractivity contribution in [1.82, 2.24) is 10.3 Å². The molecule has 2 heterocycles. The van der Waals surface area contributed by atoms with Crippen molar-refractivity contribution in [3.8, 4) is 22.3 Å². The van der Waals surface area contributed by atoms with Crippen molar-refractivity contribution in [2.45, 2.75) is 27.7 Å². The Labute approximate surface area is 236 Å². The zero-order valence-electron chi connectivity index (χ0n) is 23.3. The molecule has 16 heteroatoms. The number of halogens is 2. The van der Waals surface area contributed by atoms with E-state index in [2.05, 4.69) is 19.8 Å². The van der Waals surface area contributed by atoms with Gasteiger partial charge in [0.05, 0.1) is 64.2 Å². The number of methoxy groups -OCH3 is 2. The molecule has 4 aromatic rings. The van der Waals surface area contributed by atoms with Gasteiger partial charge in [-0.3, -0.25) is 10.1 Å². The molecule has 0 unspecified atom stereocenters. The third kappa shape index (κ3) is 5.41. The van der Waals surface area contributed by atoms with E-state index in [4.69, 9.17) is 26.2 Å². The van der Waals surface area contributed by atoms with E-state index in [1.807, 2.05) is 0 Å². The van der Waals surface area contributed by atoms with Crippen molar-refractivity contribution < 1.29 is 41.8 Å². The first-order valence-electron chi connectivity index (χ1n) is 11.8. The summed E-state index contributed by atoms with van der Waals surface area (Å²) in [7, 11) is 2.30. The number of carbonyl (C=O) groups excluding carboxylic acids is 2. The molecule has 0 aliphatic carbocycles. The van der Waals surface area contributed by atoms with Gasteiger partial charge in [0.15, 0.2) is 5.82 Å². The minimum Gasteiger partial charge on any atom is -0.465 e. The van der Waals surface area contributed by atoms with Gasteiger partial charge in [0.1, 0.15) is 17.2 Å². The average Bonchev–Trinajstić information content (AvgIpc) is 3.46. The summed E-state index contributed by atoms with van der Waals surface area (Å²) < 4.78 is 47.9. The number of benzene rings is 2. The van der Waals surface area contributed by atoms with E-state index in [1.165, 1.54) is 20.1 Å². The van der Waals surface area contributed by atoms with Gasteiger partial charge in [0.25, 0.3) is 0 Å². The molecule has 0 aliphatic heterocycles. The predicted molar refractivity (Wildman–Crippen MR) is 145 cm³/mol. The minimum absolute atomic E-state index is 0.00130. The number of carbonyl (C=O) groups is 2. The number of ether oxygens (including phenoxy) is 2. The second-order valence-corrected chi connectivity index (χ2v) is 8.80. The average molecular weight is 589 g/mol. The molecule has 2 aromatic carbocycles. The van der Waals surface area contributed by atoms with Crippen molar-refractivity contribution >= 4 is 34.7 Å². The number of aromatic nitrogens is 2. The van der Waals surface area contributed by atoms with Gasteiger partial charge in [-0.25, -0.2) is 14.0 Å². The quantitative estimate of drug-likeness (QED) is 0.127. The Morgan fingerprint density at radius 2 is 1.19 bits per heavy atom. The SMILES string of the molecule is COC(=O)c1cc(-c2c(C)noc2C)c(F)c(N)c1N.COC(=O)c1cc(-c2c(C)noc2C)c(F)c([N+](=O)[O-])c1N. The van der Waals surface area contributed by atoms with Gasteiger partial charge in [-0.05, 0) is 39.8 Å². The number of rotatable bonds is 5. The van der Waals surface area contributed by atoms with E-state index in [0.29, 0.717) is 22.7 Å². The lowest BCUT2D eigenvalue weighted by Gasteiger charge is -2.12. The molecule has 0 amide bonds. The van der Waals surface area contributed by atoms with Crippen molar-refractivity contribution in [2.75, 3.05) is 31.4 Å². The Morgan fingerprint density at radius 1 is 0.786 bits per heavy atom. The monoisotopic (exact) mass is 588 g/mol. The molecule has 14 nitrogen and oxygen atoms in total. The van der Waals surface area contributed by atoms with Crippen LogP contribution in [0.5, 0.6) is 0 Å². The van der Waals surface area contributed by atoms with Gasteiger partial charge in [0.2, 0.25) is 5.82 Å². The van der Waals surface area contributed by atoms with Gasteiger partial charge in [-0.2, -0.15) is 4.39 Å². The molecule has 4 rings (SSSR count). The molecule has 222 valence electrons. The lowest BCUT2D eigenvalue weighted by atomic mass is 9.98. The number of hydrogen-bond acceptors (Lipinski definition) is 13. The molecule has 0 aliphatic rings. The van der Waals surface area contributed by atoms with Crippen LogP contribution in [0.25, 0.3) is 22.3 Å². The first kappa shape index (κ1) is 31.0. The fraction of sp³-hybridized carbons (Fsp3) is 0.231. The Kier molecular flexibility index (Phi) is 8.79. The summed E-state index contributed by atoms with van der Waals surface area (Å²) in [6.07, 6.45) is 0. The number of nitrogen functional groups attached to an aromatic ring is 3. The van der Waals surface area contributed by atoms with Crippen molar-refractivity contribution in [1.29, 1.82) is 0 Å². The third-order valence-corrected chi connectivity index (χ3v) is 6.22. The number of nitrogens with zero attached hydrogens (tertiary/aromatic N) is 3. The Hall–Kier alpha value is -5.54. The van der Waals surface area contributed by atoms with E-state index >= 15 is 0 Å². The van der Waals surface area contributed by atoms with E-state index in [-0.39, 0.29) is 45.0 Å². The van der Waals surface area contributed by atoms with Crippen LogP contribution in [0.1, 0.15) is 43.6 Å². The highest BCUT2D eigenvalue weighted by molar-refractivity contribution is 6.01. The fourth-order valence-electron chi connectivity index (χ4n) is 4.19. The van der Waals surface area contributed by atoms with E-state index in [9.17, 15) is 28.5 Å². The number of nitro groups is 1. The molecule has 2 aromatic heterocycles. The zero-order chi connectivity index (χ0) is 31.6. The van der Waals surface area contributed by atoms with Crippen LogP contribution in [0.4, 0.5) is 31.5 Å². The summed E-state index contributed by atoms with van der Waals surface area (Å²) in [6.45, 7) is 6.37. The Bertz CT molecular complexity index is 1690. The van der Waals surface area contributed by atoms with Crippen LogP contribution in [-0.4, -0.2) is 41.4 Å². The summed E-state index contributed by atoms with van der Waals surface area (Å²) in [5, 5.41) is 18.5. The highest BCUT2D eigenvalue weighted by atomic mass is 19.1. The van der Waals surface area contributed by atoms with Gasteiger partial charge >= 0.3 is 17.6 Å². The van der Waals surface area contributed by atoms with Gasteiger partial charge < -0.3 is 35.7 Å². The summed E-state index contributed by atoms with van der Waals surface area (Å²) in [4.78, 5) is 33.5. The molecule has 0 bridgehead atoms. The molecule has 0 saturated carbocycles. The normalized spacial score (nSPS) is 10.6. The second kappa shape index (κ2) is 11.9. The van der Waals surface area contributed by atoms with Crippen molar-refractivity contribution in [3.63, 3.8) is 0 Å². The highest BCUT2D eigenvalue weighted by Gasteiger charge is 2.31. The van der Waals surface area contributed by atoms with Crippen LogP contribution in [0.3, 0.4) is 0 Å². The maximum Gasteiger partial charge on any atom is 0.340 e. The summed E-state index contributed by atoms with van der Waals surface area (Å²) in [5.41, 5.74) is 15.9. The molecule has 0 fully saturated rings. The minimum atomic E-state index is -1.16. The van der Waals surface area contributed by atoms with Crippen LogP contribution >= 0.6 is 0 Å². The topological polar surface area (TPSA) is 226 Å². The van der Waals surface area contributed by atoms with Gasteiger partial charge in [-0.15, -0.1) is 0 Å². The highest BCUT2D eigenvalue weighted by Crippen LogP contribution is 2.39. The summed E-state index contributed by atoms with van der Waals surface area (Å²) in [6, 6.07) is 2.38. The van der Waals surface area contributed by atoms with E-state index in [1.54, 1.807) is 20.8 Å². The van der Waals surface area contributed by atoms with E-state index in [0.717, 1.165) is 13.2 Å². The maximum absolute atomic E-state index is 14.5. The Morgan fingerprint density at radius 3 is 1.55 bits per heavy atom. The van der Waals surface area contributed by atoms with Crippen LogP contribution < -0.4 is 17.2 Å². The molecule has 0 atom stereocenters. The first-order chi connectivity index (χ1) is 19.7. The molecular weight excluding hydrogens is 562 g/mol. The zero-order valence-corrected chi connectivity index (χ0v) is 23.3. The molecule has 0 radical (unpaired) electrons. The number of anilines is 3. The first-order valence-corrected chi connectivity index (χ1v) is 11.8. The van der Waals surface area contributed by atoms with Crippen LogP contribution in [-0.2, 0) is 9.47 Å². The van der Waals surface area contributed by atoms with Gasteiger partial charge in [0, 0.05) is 11.1 Å². The van der Waals surface area contributed by atoms with Crippen LogP contribution in [0, 0.1) is 49.4 Å². The molecular formula is C26H26F2N6O8. The summed E-state index contributed by atoms with van der Waals surface area (Å²) >= 11 is 0. The van der Waals surface area contributed by atoms with Crippen LogP contribution in [0.15, 0.2) is 21.2 Å². The lowest BCUT2D eigenvalue weighted by molar-refractivity contribution is -0.386. The molecule has 0 spiro atoms. The number of nitrogens with two attached hydrogens (primary N) is 3. The third-order valence-electron chi connectivity index (χ3n) is 6.22. The number of esters is 2.